The first-order valence-electron chi connectivity index (χ1n) is 7.91. The van der Waals surface area contributed by atoms with E-state index in [2.05, 4.69) is 62.4 Å². The van der Waals surface area contributed by atoms with Gasteiger partial charge in [0, 0.05) is 0 Å². The molecule has 112 valence electrons. The molecule has 2 rings (SSSR count). The maximum absolute atomic E-state index is 10.4. The van der Waals surface area contributed by atoms with Gasteiger partial charge in [0.25, 0.3) is 0 Å². The first-order chi connectivity index (χ1) is 10.1. The van der Waals surface area contributed by atoms with Crippen molar-refractivity contribution in [2.75, 3.05) is 0 Å². The van der Waals surface area contributed by atoms with E-state index in [1.165, 1.54) is 11.1 Å². The normalized spacial score (nSPS) is 15.4. The van der Waals surface area contributed by atoms with E-state index in [0.29, 0.717) is 11.8 Å². The van der Waals surface area contributed by atoms with Crippen molar-refractivity contribution in [1.29, 1.82) is 0 Å². The van der Waals surface area contributed by atoms with Gasteiger partial charge in [0.15, 0.2) is 0 Å². The summed E-state index contributed by atoms with van der Waals surface area (Å²) < 4.78 is 0. The Morgan fingerprint density at radius 1 is 0.762 bits per heavy atom. The molecule has 0 aliphatic carbocycles. The largest absolute Gasteiger partial charge is 0.393 e. The molecule has 0 radical (unpaired) electrons. The van der Waals surface area contributed by atoms with Crippen molar-refractivity contribution in [2.24, 2.45) is 11.8 Å². The summed E-state index contributed by atoms with van der Waals surface area (Å²) in [7, 11) is 0. The van der Waals surface area contributed by atoms with Gasteiger partial charge in [0.1, 0.15) is 0 Å². The van der Waals surface area contributed by atoms with Gasteiger partial charge in [-0.3, -0.25) is 0 Å². The fourth-order valence-corrected chi connectivity index (χ4v) is 2.87. The average molecular weight is 282 g/mol. The van der Waals surface area contributed by atoms with Crippen molar-refractivity contribution in [3.63, 3.8) is 0 Å². The van der Waals surface area contributed by atoms with Crippen LogP contribution < -0.4 is 0 Å². The maximum atomic E-state index is 10.4. The van der Waals surface area contributed by atoms with Crippen molar-refractivity contribution in [2.45, 2.75) is 39.2 Å². The molecular formula is C20H26O. The second-order valence-electron chi connectivity index (χ2n) is 6.26. The Morgan fingerprint density at radius 3 is 1.76 bits per heavy atom. The SMILES string of the molecule is C[C@@H](Cc1ccccc1)C[C@H](O)[C@@H](C)Cc1ccccc1. The lowest BCUT2D eigenvalue weighted by Gasteiger charge is -2.22. The molecule has 0 aliphatic heterocycles. The smallest absolute Gasteiger partial charge is 0.0571 e. The summed E-state index contributed by atoms with van der Waals surface area (Å²) in [5, 5.41) is 10.4. The summed E-state index contributed by atoms with van der Waals surface area (Å²) in [6.07, 6.45) is 2.61. The van der Waals surface area contributed by atoms with Crippen LogP contribution in [0.5, 0.6) is 0 Å². The molecule has 0 unspecified atom stereocenters. The third-order valence-corrected chi connectivity index (χ3v) is 4.13. The summed E-state index contributed by atoms with van der Waals surface area (Å²) in [5.74, 6) is 0.797. The van der Waals surface area contributed by atoms with Gasteiger partial charge in [-0.15, -0.1) is 0 Å². The van der Waals surface area contributed by atoms with Crippen molar-refractivity contribution in [3.05, 3.63) is 71.8 Å². The van der Waals surface area contributed by atoms with E-state index in [4.69, 9.17) is 0 Å². The molecule has 0 spiro atoms. The zero-order valence-electron chi connectivity index (χ0n) is 13.1. The summed E-state index contributed by atoms with van der Waals surface area (Å²) >= 11 is 0. The Kier molecular flexibility index (Phi) is 6.01. The zero-order valence-corrected chi connectivity index (χ0v) is 13.1. The lowest BCUT2D eigenvalue weighted by atomic mass is 9.88. The lowest BCUT2D eigenvalue weighted by Crippen LogP contribution is -2.23. The second kappa shape index (κ2) is 7.99. The number of aliphatic hydroxyl groups is 1. The van der Waals surface area contributed by atoms with Crippen LogP contribution in [0.15, 0.2) is 60.7 Å². The highest BCUT2D eigenvalue weighted by atomic mass is 16.3. The first kappa shape index (κ1) is 15.8. The minimum atomic E-state index is -0.232. The molecule has 0 bridgehead atoms. The Bertz CT molecular complexity index is 506. The van der Waals surface area contributed by atoms with Crippen LogP contribution in [0.4, 0.5) is 0 Å². The van der Waals surface area contributed by atoms with Crippen LogP contribution >= 0.6 is 0 Å². The number of hydrogen-bond donors (Lipinski definition) is 1. The van der Waals surface area contributed by atoms with E-state index in [9.17, 15) is 5.11 Å². The topological polar surface area (TPSA) is 20.2 Å². The van der Waals surface area contributed by atoms with Gasteiger partial charge in [0.05, 0.1) is 6.10 Å². The molecule has 0 amide bonds. The molecule has 0 heterocycles. The average Bonchev–Trinajstić information content (AvgIpc) is 2.49. The molecule has 2 aromatic rings. The number of rotatable bonds is 7. The monoisotopic (exact) mass is 282 g/mol. The van der Waals surface area contributed by atoms with Gasteiger partial charge < -0.3 is 5.11 Å². The van der Waals surface area contributed by atoms with Gasteiger partial charge in [-0.2, -0.15) is 0 Å². The van der Waals surface area contributed by atoms with Crippen LogP contribution in [-0.4, -0.2) is 11.2 Å². The van der Waals surface area contributed by atoms with Crippen LogP contribution in [-0.2, 0) is 12.8 Å². The van der Waals surface area contributed by atoms with Crippen molar-refractivity contribution >= 4 is 0 Å². The quantitative estimate of drug-likeness (QED) is 0.793. The molecule has 1 nitrogen and oxygen atoms in total. The van der Waals surface area contributed by atoms with Crippen LogP contribution in [0.2, 0.25) is 0 Å². The second-order valence-corrected chi connectivity index (χ2v) is 6.26. The standard InChI is InChI=1S/C20H26O/c1-16(13-18-9-5-3-6-10-18)14-20(21)17(2)15-19-11-7-4-8-12-19/h3-12,16-17,20-21H,13-15H2,1-2H3/t16-,17-,20-/m0/s1. The van der Waals surface area contributed by atoms with E-state index in [1.54, 1.807) is 0 Å². The van der Waals surface area contributed by atoms with E-state index in [1.807, 2.05) is 12.1 Å². The van der Waals surface area contributed by atoms with Crippen LogP contribution in [0, 0.1) is 11.8 Å². The highest BCUT2D eigenvalue weighted by Crippen LogP contribution is 2.20. The summed E-state index contributed by atoms with van der Waals surface area (Å²) in [6, 6.07) is 21.0. The summed E-state index contributed by atoms with van der Waals surface area (Å²) in [4.78, 5) is 0. The zero-order chi connectivity index (χ0) is 15.1. The third-order valence-electron chi connectivity index (χ3n) is 4.13. The van der Waals surface area contributed by atoms with Gasteiger partial charge in [-0.1, -0.05) is 74.5 Å². The van der Waals surface area contributed by atoms with E-state index < -0.39 is 0 Å². The molecule has 1 heteroatoms. The molecular weight excluding hydrogens is 256 g/mol. The predicted molar refractivity (Wildman–Crippen MR) is 89.2 cm³/mol. The molecule has 0 aromatic heterocycles. The van der Waals surface area contributed by atoms with Crippen LogP contribution in [0.1, 0.15) is 31.4 Å². The number of aliphatic hydroxyl groups excluding tert-OH is 1. The Morgan fingerprint density at radius 2 is 1.24 bits per heavy atom. The molecule has 0 saturated carbocycles. The van der Waals surface area contributed by atoms with E-state index in [-0.39, 0.29) is 6.10 Å². The Balaban J connectivity index is 1.81. The van der Waals surface area contributed by atoms with Crippen molar-refractivity contribution in [3.8, 4) is 0 Å². The molecule has 0 saturated heterocycles. The van der Waals surface area contributed by atoms with Crippen molar-refractivity contribution in [1.82, 2.24) is 0 Å². The molecule has 0 fully saturated rings. The summed E-state index contributed by atoms with van der Waals surface area (Å²) in [5.41, 5.74) is 2.66. The van der Waals surface area contributed by atoms with Gasteiger partial charge in [0.2, 0.25) is 0 Å². The van der Waals surface area contributed by atoms with Gasteiger partial charge in [-0.05, 0) is 42.2 Å². The van der Waals surface area contributed by atoms with E-state index in [0.717, 1.165) is 19.3 Å². The fourth-order valence-electron chi connectivity index (χ4n) is 2.87. The van der Waals surface area contributed by atoms with Gasteiger partial charge >= 0.3 is 0 Å². The van der Waals surface area contributed by atoms with Gasteiger partial charge in [-0.25, -0.2) is 0 Å². The number of benzene rings is 2. The van der Waals surface area contributed by atoms with Crippen LogP contribution in [0.25, 0.3) is 0 Å². The molecule has 0 aliphatic rings. The Hall–Kier alpha value is -1.60. The van der Waals surface area contributed by atoms with Crippen LogP contribution in [0.3, 0.4) is 0 Å². The highest BCUT2D eigenvalue weighted by molar-refractivity contribution is 5.16. The van der Waals surface area contributed by atoms with E-state index >= 15 is 0 Å². The minimum absolute atomic E-state index is 0.232. The minimum Gasteiger partial charge on any atom is -0.393 e. The molecule has 2 aromatic carbocycles. The first-order valence-corrected chi connectivity index (χ1v) is 7.91. The predicted octanol–water partition coefficient (Wildman–Crippen LogP) is 4.50. The lowest BCUT2D eigenvalue weighted by molar-refractivity contribution is 0.0920. The Labute approximate surface area is 128 Å². The maximum Gasteiger partial charge on any atom is 0.0571 e. The number of hydrogen-bond acceptors (Lipinski definition) is 1. The fraction of sp³-hybridized carbons (Fsp3) is 0.400. The molecule has 21 heavy (non-hydrogen) atoms. The molecule has 1 N–H and O–H groups in total. The van der Waals surface area contributed by atoms with Crippen molar-refractivity contribution < 1.29 is 5.11 Å². The molecule has 3 atom stereocenters. The third kappa shape index (κ3) is 5.35. The summed E-state index contributed by atoms with van der Waals surface area (Å²) in [6.45, 7) is 4.37. The highest BCUT2D eigenvalue weighted by Gasteiger charge is 2.18.